The van der Waals surface area contributed by atoms with E-state index in [9.17, 15) is 13.2 Å². The number of carbonyl (C=O) groups is 1. The van der Waals surface area contributed by atoms with Crippen LogP contribution < -0.4 is 4.72 Å². The predicted molar refractivity (Wildman–Crippen MR) is 89.1 cm³/mol. The van der Waals surface area contributed by atoms with Gasteiger partial charge in [0.2, 0.25) is 15.9 Å². The second-order valence-corrected chi connectivity index (χ2v) is 7.93. The molecule has 1 amide bonds. The zero-order valence-electron chi connectivity index (χ0n) is 12.5. The fourth-order valence-electron chi connectivity index (χ4n) is 2.07. The lowest BCUT2D eigenvalue weighted by molar-refractivity contribution is -0.122. The van der Waals surface area contributed by atoms with E-state index in [1.807, 2.05) is 23.6 Å². The topological polar surface area (TPSA) is 87.0 Å². The molecule has 0 unspecified atom stereocenters. The second-order valence-electron chi connectivity index (χ2n) is 5.18. The minimum absolute atomic E-state index is 0.289. The number of sulfonamides is 1. The van der Waals surface area contributed by atoms with Crippen molar-refractivity contribution in [2.45, 2.75) is 19.1 Å². The number of rotatable bonds is 6. The molecule has 0 bridgehead atoms. The maximum absolute atomic E-state index is 12.1. The molecule has 2 aromatic rings. The lowest BCUT2D eigenvalue weighted by atomic mass is 10.1. The standard InChI is InChI=1S/C16H16N2O3S2/c1-12(9-15-7-4-8-22-15)16(19)18-23(20,21)11-14-6-3-2-5-13(14)10-17/h2-8,12H,9,11H2,1H3,(H,18,19)/t12-/m1/s1. The van der Waals surface area contributed by atoms with Crippen molar-refractivity contribution < 1.29 is 13.2 Å². The molecule has 2 rings (SSSR count). The molecular weight excluding hydrogens is 332 g/mol. The Morgan fingerprint density at radius 3 is 2.70 bits per heavy atom. The highest BCUT2D eigenvalue weighted by Gasteiger charge is 2.21. The normalized spacial score (nSPS) is 12.3. The van der Waals surface area contributed by atoms with Crippen LogP contribution in [0.25, 0.3) is 0 Å². The van der Waals surface area contributed by atoms with Crippen LogP contribution >= 0.6 is 11.3 Å². The molecule has 120 valence electrons. The van der Waals surface area contributed by atoms with Gasteiger partial charge in [0.15, 0.2) is 0 Å². The molecule has 1 heterocycles. The summed E-state index contributed by atoms with van der Waals surface area (Å²) in [6.07, 6.45) is 0.494. The first-order chi connectivity index (χ1) is 10.9. The molecule has 5 nitrogen and oxygen atoms in total. The van der Waals surface area contributed by atoms with Gasteiger partial charge in [0.1, 0.15) is 0 Å². The van der Waals surface area contributed by atoms with Crippen molar-refractivity contribution in [2.75, 3.05) is 0 Å². The average Bonchev–Trinajstić information content (AvgIpc) is 2.99. The Labute approximate surface area is 139 Å². The largest absolute Gasteiger partial charge is 0.274 e. The van der Waals surface area contributed by atoms with Crippen LogP contribution in [0.15, 0.2) is 41.8 Å². The molecule has 0 aliphatic rings. The summed E-state index contributed by atoms with van der Waals surface area (Å²) < 4.78 is 26.4. The van der Waals surface area contributed by atoms with Gasteiger partial charge in [-0.2, -0.15) is 5.26 Å². The summed E-state index contributed by atoms with van der Waals surface area (Å²) in [7, 11) is -3.84. The molecular formula is C16H16N2O3S2. The highest BCUT2D eigenvalue weighted by molar-refractivity contribution is 7.89. The van der Waals surface area contributed by atoms with E-state index < -0.39 is 27.6 Å². The summed E-state index contributed by atoms with van der Waals surface area (Å²) in [5, 5.41) is 10.9. The van der Waals surface area contributed by atoms with Crippen molar-refractivity contribution in [1.82, 2.24) is 4.72 Å². The molecule has 0 aliphatic heterocycles. The van der Waals surface area contributed by atoms with Crippen molar-refractivity contribution in [3.8, 4) is 6.07 Å². The maximum atomic E-state index is 12.1. The fourth-order valence-corrected chi connectivity index (χ4v) is 4.15. The van der Waals surface area contributed by atoms with Gasteiger partial charge < -0.3 is 0 Å². The van der Waals surface area contributed by atoms with E-state index in [1.54, 1.807) is 31.2 Å². The van der Waals surface area contributed by atoms with Crippen molar-refractivity contribution in [3.05, 3.63) is 57.8 Å². The molecule has 0 saturated heterocycles. The molecule has 0 radical (unpaired) electrons. The van der Waals surface area contributed by atoms with Gasteiger partial charge in [-0.05, 0) is 29.5 Å². The van der Waals surface area contributed by atoms with E-state index in [2.05, 4.69) is 4.72 Å². The zero-order chi connectivity index (χ0) is 16.9. The molecule has 0 saturated carbocycles. The van der Waals surface area contributed by atoms with Crippen LogP contribution in [0.1, 0.15) is 22.9 Å². The molecule has 7 heteroatoms. The van der Waals surface area contributed by atoms with Crippen molar-refractivity contribution in [3.63, 3.8) is 0 Å². The first-order valence-electron chi connectivity index (χ1n) is 6.96. The van der Waals surface area contributed by atoms with Crippen LogP contribution in [0.4, 0.5) is 0 Å². The molecule has 0 spiro atoms. The number of hydrogen-bond donors (Lipinski definition) is 1. The summed E-state index contributed by atoms with van der Waals surface area (Å²) in [5.41, 5.74) is 0.665. The van der Waals surface area contributed by atoms with Gasteiger partial charge in [-0.25, -0.2) is 8.42 Å². The number of hydrogen-bond acceptors (Lipinski definition) is 5. The third-order valence-electron chi connectivity index (χ3n) is 3.27. The number of nitrogens with zero attached hydrogens (tertiary/aromatic N) is 1. The molecule has 0 aliphatic carbocycles. The number of thiophene rings is 1. The van der Waals surface area contributed by atoms with Gasteiger partial charge in [-0.3, -0.25) is 9.52 Å². The quantitative estimate of drug-likeness (QED) is 0.868. The summed E-state index contributed by atoms with van der Waals surface area (Å²) >= 11 is 1.53. The van der Waals surface area contributed by atoms with Crippen LogP contribution in [0.2, 0.25) is 0 Å². The van der Waals surface area contributed by atoms with Gasteiger partial charge in [0.05, 0.1) is 17.4 Å². The molecule has 1 aromatic heterocycles. The van der Waals surface area contributed by atoms with E-state index in [1.165, 1.54) is 11.3 Å². The van der Waals surface area contributed by atoms with Crippen LogP contribution in [0, 0.1) is 17.2 Å². The first-order valence-corrected chi connectivity index (χ1v) is 9.49. The summed E-state index contributed by atoms with van der Waals surface area (Å²) in [6.45, 7) is 1.69. The predicted octanol–water partition coefficient (Wildman–Crippen LogP) is 2.44. The van der Waals surface area contributed by atoms with Crippen molar-refractivity contribution in [2.24, 2.45) is 5.92 Å². The van der Waals surface area contributed by atoms with Crippen LogP contribution in [0.5, 0.6) is 0 Å². The molecule has 1 N–H and O–H groups in total. The number of amides is 1. The SMILES string of the molecule is C[C@H](Cc1cccs1)C(=O)NS(=O)(=O)Cc1ccccc1C#N. The Morgan fingerprint density at radius 1 is 1.30 bits per heavy atom. The Balaban J connectivity index is 2.03. The third kappa shape index (κ3) is 4.91. The van der Waals surface area contributed by atoms with Gasteiger partial charge in [-0.15, -0.1) is 11.3 Å². The Kier molecular flexibility index (Phi) is 5.53. The van der Waals surface area contributed by atoms with E-state index in [4.69, 9.17) is 5.26 Å². The van der Waals surface area contributed by atoms with E-state index >= 15 is 0 Å². The first kappa shape index (κ1) is 17.2. The minimum Gasteiger partial charge on any atom is -0.274 e. The Hall–Kier alpha value is -2.17. The fraction of sp³-hybridized carbons (Fsp3) is 0.250. The lowest BCUT2D eigenvalue weighted by Gasteiger charge is -2.12. The van der Waals surface area contributed by atoms with Gasteiger partial charge >= 0.3 is 0 Å². The van der Waals surface area contributed by atoms with Gasteiger partial charge in [-0.1, -0.05) is 31.2 Å². The Bertz CT molecular complexity index is 821. The minimum atomic E-state index is -3.84. The molecule has 1 aromatic carbocycles. The van der Waals surface area contributed by atoms with E-state index in [0.717, 1.165) is 4.88 Å². The van der Waals surface area contributed by atoms with Crippen molar-refractivity contribution >= 4 is 27.3 Å². The van der Waals surface area contributed by atoms with Crippen LogP contribution in [-0.2, 0) is 27.0 Å². The number of benzene rings is 1. The molecule has 23 heavy (non-hydrogen) atoms. The molecule has 0 fully saturated rings. The lowest BCUT2D eigenvalue weighted by Crippen LogP contribution is -2.36. The Morgan fingerprint density at radius 2 is 2.04 bits per heavy atom. The van der Waals surface area contributed by atoms with Gasteiger partial charge in [0, 0.05) is 10.8 Å². The summed E-state index contributed by atoms with van der Waals surface area (Å²) in [4.78, 5) is 13.1. The average molecular weight is 348 g/mol. The smallest absolute Gasteiger partial charge is 0.239 e. The second kappa shape index (κ2) is 7.40. The molecule has 1 atom stereocenters. The van der Waals surface area contributed by atoms with Crippen LogP contribution in [-0.4, -0.2) is 14.3 Å². The third-order valence-corrected chi connectivity index (χ3v) is 5.38. The van der Waals surface area contributed by atoms with Gasteiger partial charge in [0.25, 0.3) is 0 Å². The van der Waals surface area contributed by atoms with E-state index in [-0.39, 0.29) is 5.56 Å². The monoisotopic (exact) mass is 348 g/mol. The summed E-state index contributed by atoms with van der Waals surface area (Å²) in [6, 6.07) is 12.2. The zero-order valence-corrected chi connectivity index (χ0v) is 14.2. The summed E-state index contributed by atoms with van der Waals surface area (Å²) in [5.74, 6) is -1.38. The number of nitrogens with one attached hydrogen (secondary N) is 1. The number of nitriles is 1. The van der Waals surface area contributed by atoms with Crippen molar-refractivity contribution in [1.29, 1.82) is 5.26 Å². The highest BCUT2D eigenvalue weighted by atomic mass is 32.2. The van der Waals surface area contributed by atoms with E-state index in [0.29, 0.717) is 12.0 Å². The maximum Gasteiger partial charge on any atom is 0.239 e. The van der Waals surface area contributed by atoms with Crippen LogP contribution in [0.3, 0.4) is 0 Å². The highest BCUT2D eigenvalue weighted by Crippen LogP contribution is 2.15. The number of carbonyl (C=O) groups excluding carboxylic acids is 1.